The van der Waals surface area contributed by atoms with Gasteiger partial charge in [-0.15, -0.1) is 0 Å². The summed E-state index contributed by atoms with van der Waals surface area (Å²) in [6.45, 7) is 0. The largest absolute Gasteiger partial charge is 0.478 e. The summed E-state index contributed by atoms with van der Waals surface area (Å²) in [5.74, 6) is -1.61. The van der Waals surface area contributed by atoms with Gasteiger partial charge < -0.3 is 10.4 Å². The van der Waals surface area contributed by atoms with Crippen molar-refractivity contribution in [3.05, 3.63) is 87.9 Å². The third-order valence-electron chi connectivity index (χ3n) is 3.79. The van der Waals surface area contributed by atoms with Crippen molar-refractivity contribution in [3.63, 3.8) is 0 Å². The maximum absolute atomic E-state index is 12.5. The number of nitrogens with one attached hydrogen (secondary N) is 1. The molecule has 0 aliphatic rings. The number of anilines is 1. The van der Waals surface area contributed by atoms with E-state index in [1.54, 1.807) is 12.1 Å². The first-order chi connectivity index (χ1) is 12.5. The van der Waals surface area contributed by atoms with E-state index < -0.39 is 11.9 Å². The maximum Gasteiger partial charge on any atom is 0.337 e. The molecule has 0 fully saturated rings. The molecular formula is C20H13Cl2NO3. The Morgan fingerprint density at radius 2 is 1.54 bits per heavy atom. The Kier molecular flexibility index (Phi) is 5.26. The number of carboxylic acid groups (broad SMARTS) is 1. The molecule has 0 aromatic heterocycles. The first-order valence-electron chi connectivity index (χ1n) is 7.65. The minimum atomic E-state index is -1.13. The molecule has 1 amide bonds. The Balaban J connectivity index is 1.97. The summed E-state index contributed by atoms with van der Waals surface area (Å²) in [5, 5.41) is 12.6. The molecule has 0 radical (unpaired) electrons. The van der Waals surface area contributed by atoms with Gasteiger partial charge in [0.15, 0.2) is 0 Å². The Bertz CT molecular complexity index is 988. The van der Waals surface area contributed by atoms with Gasteiger partial charge in [0.1, 0.15) is 0 Å². The molecule has 0 spiro atoms. The van der Waals surface area contributed by atoms with Crippen LogP contribution in [0.4, 0.5) is 5.69 Å². The third-order valence-corrected chi connectivity index (χ3v) is 4.53. The number of carbonyl (C=O) groups is 2. The van der Waals surface area contributed by atoms with E-state index in [1.807, 2.05) is 30.3 Å². The van der Waals surface area contributed by atoms with E-state index in [4.69, 9.17) is 23.2 Å². The second-order valence-electron chi connectivity index (χ2n) is 5.51. The molecule has 0 atom stereocenters. The van der Waals surface area contributed by atoms with Crippen LogP contribution in [0, 0.1) is 0 Å². The Morgan fingerprint density at radius 3 is 2.19 bits per heavy atom. The fraction of sp³-hybridized carbons (Fsp3) is 0. The molecule has 0 bridgehead atoms. The van der Waals surface area contributed by atoms with Crippen molar-refractivity contribution in [2.45, 2.75) is 0 Å². The van der Waals surface area contributed by atoms with Crippen LogP contribution >= 0.6 is 23.2 Å². The standard InChI is InChI=1S/C20H13Cl2NO3/c21-16-9-7-14(10-17(16)22)19(24)23-18-11-13(6-8-15(18)20(25)26)12-4-2-1-3-5-12/h1-11H,(H,23,24)(H,25,26). The van der Waals surface area contributed by atoms with E-state index in [1.165, 1.54) is 24.3 Å². The zero-order valence-electron chi connectivity index (χ0n) is 13.4. The molecule has 0 heterocycles. The van der Waals surface area contributed by atoms with Crippen LogP contribution in [0.3, 0.4) is 0 Å². The van der Waals surface area contributed by atoms with Gasteiger partial charge in [0.2, 0.25) is 0 Å². The number of rotatable bonds is 4. The van der Waals surface area contributed by atoms with Crippen LogP contribution in [0.1, 0.15) is 20.7 Å². The number of hydrogen-bond acceptors (Lipinski definition) is 2. The molecule has 0 aliphatic carbocycles. The molecule has 2 N–H and O–H groups in total. The van der Waals surface area contributed by atoms with Crippen LogP contribution in [0.5, 0.6) is 0 Å². The Hall–Kier alpha value is -2.82. The smallest absolute Gasteiger partial charge is 0.337 e. The van der Waals surface area contributed by atoms with Gasteiger partial charge in [-0.05, 0) is 41.5 Å². The fourth-order valence-electron chi connectivity index (χ4n) is 2.48. The predicted octanol–water partition coefficient (Wildman–Crippen LogP) is 5.61. The summed E-state index contributed by atoms with van der Waals surface area (Å²) in [4.78, 5) is 24.0. The zero-order chi connectivity index (χ0) is 18.7. The fourth-order valence-corrected chi connectivity index (χ4v) is 2.77. The minimum Gasteiger partial charge on any atom is -0.478 e. The quantitative estimate of drug-likeness (QED) is 0.613. The molecular weight excluding hydrogens is 373 g/mol. The summed E-state index contributed by atoms with van der Waals surface area (Å²) in [5.41, 5.74) is 2.18. The van der Waals surface area contributed by atoms with E-state index in [-0.39, 0.29) is 21.8 Å². The van der Waals surface area contributed by atoms with Crippen LogP contribution in [-0.2, 0) is 0 Å². The van der Waals surface area contributed by atoms with E-state index in [0.29, 0.717) is 5.02 Å². The summed E-state index contributed by atoms with van der Waals surface area (Å²) in [6.07, 6.45) is 0. The second kappa shape index (κ2) is 7.60. The zero-order valence-corrected chi connectivity index (χ0v) is 14.9. The number of hydrogen-bond donors (Lipinski definition) is 2. The van der Waals surface area contributed by atoms with Crippen molar-refractivity contribution in [2.75, 3.05) is 5.32 Å². The van der Waals surface area contributed by atoms with Crippen molar-refractivity contribution in [3.8, 4) is 11.1 Å². The lowest BCUT2D eigenvalue weighted by Crippen LogP contribution is -2.15. The number of halogens is 2. The highest BCUT2D eigenvalue weighted by atomic mass is 35.5. The lowest BCUT2D eigenvalue weighted by molar-refractivity contribution is 0.0698. The Labute approximate surface area is 160 Å². The molecule has 0 saturated heterocycles. The van der Waals surface area contributed by atoms with Crippen LogP contribution in [-0.4, -0.2) is 17.0 Å². The first-order valence-corrected chi connectivity index (χ1v) is 8.40. The maximum atomic E-state index is 12.5. The van der Waals surface area contributed by atoms with Gasteiger partial charge in [-0.3, -0.25) is 4.79 Å². The normalized spacial score (nSPS) is 10.4. The van der Waals surface area contributed by atoms with Crippen LogP contribution in [0.25, 0.3) is 11.1 Å². The molecule has 3 aromatic carbocycles. The van der Waals surface area contributed by atoms with Gasteiger partial charge in [0.25, 0.3) is 5.91 Å². The highest BCUT2D eigenvalue weighted by molar-refractivity contribution is 6.42. The van der Waals surface area contributed by atoms with Crippen molar-refractivity contribution >= 4 is 40.8 Å². The predicted molar refractivity (Wildman–Crippen MR) is 103 cm³/mol. The summed E-state index contributed by atoms with van der Waals surface area (Å²) in [7, 11) is 0. The third kappa shape index (κ3) is 3.87. The first kappa shape index (κ1) is 18.0. The van der Waals surface area contributed by atoms with Crippen molar-refractivity contribution in [1.82, 2.24) is 0 Å². The van der Waals surface area contributed by atoms with Gasteiger partial charge in [0, 0.05) is 5.56 Å². The number of carbonyl (C=O) groups excluding carboxylic acids is 1. The topological polar surface area (TPSA) is 66.4 Å². The average Bonchev–Trinajstić information content (AvgIpc) is 2.64. The molecule has 0 saturated carbocycles. The minimum absolute atomic E-state index is 0.00177. The van der Waals surface area contributed by atoms with Gasteiger partial charge in [-0.25, -0.2) is 4.79 Å². The summed E-state index contributed by atoms with van der Waals surface area (Å²) >= 11 is 11.8. The van der Waals surface area contributed by atoms with Gasteiger partial charge >= 0.3 is 5.97 Å². The molecule has 26 heavy (non-hydrogen) atoms. The number of benzene rings is 3. The molecule has 130 valence electrons. The molecule has 3 rings (SSSR count). The van der Waals surface area contributed by atoms with Gasteiger partial charge in [0.05, 0.1) is 21.3 Å². The highest BCUT2D eigenvalue weighted by Crippen LogP contribution is 2.27. The molecule has 0 aliphatic heterocycles. The van der Waals surface area contributed by atoms with Crippen molar-refractivity contribution in [2.24, 2.45) is 0 Å². The van der Waals surface area contributed by atoms with E-state index >= 15 is 0 Å². The lowest BCUT2D eigenvalue weighted by Gasteiger charge is -2.11. The lowest BCUT2D eigenvalue weighted by atomic mass is 10.0. The molecule has 6 heteroatoms. The second-order valence-corrected chi connectivity index (χ2v) is 6.33. The monoisotopic (exact) mass is 385 g/mol. The Morgan fingerprint density at radius 1 is 0.808 bits per heavy atom. The SMILES string of the molecule is O=C(Nc1cc(-c2ccccc2)ccc1C(=O)O)c1ccc(Cl)c(Cl)c1. The molecule has 3 aromatic rings. The van der Waals surface area contributed by atoms with Crippen molar-refractivity contribution in [1.29, 1.82) is 0 Å². The van der Waals surface area contributed by atoms with Gasteiger partial charge in [-0.1, -0.05) is 59.6 Å². The van der Waals surface area contributed by atoms with Crippen LogP contribution in [0.15, 0.2) is 66.7 Å². The van der Waals surface area contributed by atoms with Gasteiger partial charge in [-0.2, -0.15) is 0 Å². The number of aromatic carboxylic acids is 1. The number of carboxylic acids is 1. The van der Waals surface area contributed by atoms with E-state index in [9.17, 15) is 14.7 Å². The van der Waals surface area contributed by atoms with Crippen molar-refractivity contribution < 1.29 is 14.7 Å². The van der Waals surface area contributed by atoms with Crippen LogP contribution < -0.4 is 5.32 Å². The summed E-state index contributed by atoms with van der Waals surface area (Å²) in [6, 6.07) is 18.7. The van der Waals surface area contributed by atoms with E-state index in [2.05, 4.69) is 5.32 Å². The highest BCUT2D eigenvalue weighted by Gasteiger charge is 2.15. The average molecular weight is 386 g/mol. The molecule has 4 nitrogen and oxygen atoms in total. The van der Waals surface area contributed by atoms with E-state index in [0.717, 1.165) is 11.1 Å². The molecule has 0 unspecified atom stereocenters. The number of amides is 1. The van der Waals surface area contributed by atoms with Crippen LogP contribution in [0.2, 0.25) is 10.0 Å². The summed E-state index contributed by atoms with van der Waals surface area (Å²) < 4.78 is 0.